The summed E-state index contributed by atoms with van der Waals surface area (Å²) in [6, 6.07) is 6.66. The van der Waals surface area contributed by atoms with Gasteiger partial charge in [-0.2, -0.15) is 0 Å². The number of phenols is 1. The number of halogens is 1. The van der Waals surface area contributed by atoms with Gasteiger partial charge < -0.3 is 10.4 Å². The number of benzene rings is 1. The molecule has 2 nitrogen and oxygen atoms in total. The molecule has 0 radical (unpaired) electrons. The molecule has 0 aromatic heterocycles. The Hall–Kier alpha value is -1.09. The first-order valence-corrected chi connectivity index (χ1v) is 5.54. The van der Waals surface area contributed by atoms with Gasteiger partial charge in [-0.25, -0.2) is 4.39 Å². The minimum Gasteiger partial charge on any atom is -0.508 e. The topological polar surface area (TPSA) is 32.3 Å². The summed E-state index contributed by atoms with van der Waals surface area (Å²) in [7, 11) is 0. The van der Waals surface area contributed by atoms with Gasteiger partial charge in [0.1, 0.15) is 11.9 Å². The van der Waals surface area contributed by atoms with Crippen molar-refractivity contribution in [1.29, 1.82) is 0 Å². The first-order chi connectivity index (χ1) is 7.37. The molecule has 1 unspecified atom stereocenters. The molecule has 0 aliphatic rings. The molecule has 0 spiro atoms. The van der Waals surface area contributed by atoms with Gasteiger partial charge in [0.25, 0.3) is 0 Å². The fourth-order valence-corrected chi connectivity index (χ4v) is 1.38. The first-order valence-electron chi connectivity index (χ1n) is 5.54. The van der Waals surface area contributed by atoms with Crippen molar-refractivity contribution in [3.8, 4) is 5.75 Å². The largest absolute Gasteiger partial charge is 0.508 e. The van der Waals surface area contributed by atoms with E-state index in [-0.39, 0.29) is 11.3 Å². The molecule has 3 heteroatoms. The SMILES string of the molecule is CC(C)(C)NCC(F)Cc1ccc(O)cc1. The van der Waals surface area contributed by atoms with Crippen LogP contribution in [0.3, 0.4) is 0 Å². The highest BCUT2D eigenvalue weighted by Gasteiger charge is 2.13. The molecule has 0 aliphatic carbocycles. The molecular weight excluding hydrogens is 205 g/mol. The molecule has 90 valence electrons. The number of phenolic OH excluding ortho intramolecular Hbond substituents is 1. The molecule has 16 heavy (non-hydrogen) atoms. The van der Waals surface area contributed by atoms with Crippen LogP contribution in [0.2, 0.25) is 0 Å². The van der Waals surface area contributed by atoms with Crippen molar-refractivity contribution >= 4 is 0 Å². The lowest BCUT2D eigenvalue weighted by Crippen LogP contribution is -2.40. The van der Waals surface area contributed by atoms with Crippen molar-refractivity contribution in [2.45, 2.75) is 38.9 Å². The quantitative estimate of drug-likeness (QED) is 0.825. The van der Waals surface area contributed by atoms with Gasteiger partial charge in [-0.05, 0) is 38.5 Å². The molecule has 1 atom stereocenters. The number of nitrogens with one attached hydrogen (secondary N) is 1. The van der Waals surface area contributed by atoms with E-state index in [0.717, 1.165) is 5.56 Å². The summed E-state index contributed by atoms with van der Waals surface area (Å²) in [5, 5.41) is 12.2. The van der Waals surface area contributed by atoms with Gasteiger partial charge in [-0.1, -0.05) is 12.1 Å². The summed E-state index contributed by atoms with van der Waals surface area (Å²) in [4.78, 5) is 0. The third kappa shape index (κ3) is 5.12. The molecular formula is C13H20FNO. The van der Waals surface area contributed by atoms with Crippen molar-refractivity contribution in [1.82, 2.24) is 5.32 Å². The predicted molar refractivity (Wildman–Crippen MR) is 64.5 cm³/mol. The zero-order valence-corrected chi connectivity index (χ0v) is 10.1. The standard InChI is InChI=1S/C13H20FNO/c1-13(2,3)15-9-11(14)8-10-4-6-12(16)7-5-10/h4-7,11,15-16H,8-9H2,1-3H3. The molecule has 0 saturated carbocycles. The van der Waals surface area contributed by atoms with E-state index in [1.165, 1.54) is 0 Å². The molecule has 2 N–H and O–H groups in total. The maximum atomic E-state index is 13.6. The van der Waals surface area contributed by atoms with Gasteiger partial charge in [0.05, 0.1) is 0 Å². The van der Waals surface area contributed by atoms with Crippen molar-refractivity contribution in [3.05, 3.63) is 29.8 Å². The van der Waals surface area contributed by atoms with E-state index >= 15 is 0 Å². The lowest BCUT2D eigenvalue weighted by Gasteiger charge is -2.22. The molecule has 0 fully saturated rings. The average molecular weight is 225 g/mol. The highest BCUT2D eigenvalue weighted by Crippen LogP contribution is 2.12. The number of alkyl halides is 1. The summed E-state index contributed by atoms with van der Waals surface area (Å²) < 4.78 is 13.6. The van der Waals surface area contributed by atoms with Crippen molar-refractivity contribution < 1.29 is 9.50 Å². The zero-order valence-electron chi connectivity index (χ0n) is 10.1. The number of rotatable bonds is 4. The maximum absolute atomic E-state index is 13.6. The van der Waals surface area contributed by atoms with Gasteiger partial charge in [0, 0.05) is 18.5 Å². The van der Waals surface area contributed by atoms with E-state index in [1.807, 2.05) is 20.8 Å². The van der Waals surface area contributed by atoms with Crippen LogP contribution in [0, 0.1) is 0 Å². The van der Waals surface area contributed by atoms with Gasteiger partial charge in [-0.15, -0.1) is 0 Å². The van der Waals surface area contributed by atoms with E-state index in [2.05, 4.69) is 5.32 Å². The molecule has 0 heterocycles. The van der Waals surface area contributed by atoms with Crippen LogP contribution in [-0.2, 0) is 6.42 Å². The molecule has 1 aromatic carbocycles. The van der Waals surface area contributed by atoms with Crippen molar-refractivity contribution in [3.63, 3.8) is 0 Å². The Labute approximate surface area is 96.5 Å². The van der Waals surface area contributed by atoms with E-state index in [4.69, 9.17) is 5.11 Å². The average Bonchev–Trinajstić information content (AvgIpc) is 2.18. The zero-order chi connectivity index (χ0) is 12.2. The number of hydrogen-bond donors (Lipinski definition) is 2. The van der Waals surface area contributed by atoms with Gasteiger partial charge in [0.2, 0.25) is 0 Å². The highest BCUT2D eigenvalue weighted by molar-refractivity contribution is 5.26. The maximum Gasteiger partial charge on any atom is 0.117 e. The van der Waals surface area contributed by atoms with Gasteiger partial charge in [0.15, 0.2) is 0 Å². The highest BCUT2D eigenvalue weighted by atomic mass is 19.1. The first kappa shape index (κ1) is 13.0. The van der Waals surface area contributed by atoms with Crippen LogP contribution in [-0.4, -0.2) is 23.4 Å². The summed E-state index contributed by atoms with van der Waals surface area (Å²) in [6.45, 7) is 6.39. The minimum absolute atomic E-state index is 0.0563. The Morgan fingerprint density at radius 1 is 1.25 bits per heavy atom. The third-order valence-corrected chi connectivity index (χ3v) is 2.25. The van der Waals surface area contributed by atoms with Crippen molar-refractivity contribution in [2.75, 3.05) is 6.54 Å². The van der Waals surface area contributed by atoms with E-state index < -0.39 is 6.17 Å². The summed E-state index contributed by atoms with van der Waals surface area (Å²) >= 11 is 0. The molecule has 1 rings (SSSR count). The molecule has 1 aromatic rings. The monoisotopic (exact) mass is 225 g/mol. The van der Waals surface area contributed by atoms with Crippen LogP contribution in [0.4, 0.5) is 4.39 Å². The van der Waals surface area contributed by atoms with Crippen LogP contribution in [0.25, 0.3) is 0 Å². The Morgan fingerprint density at radius 3 is 2.31 bits per heavy atom. The lowest BCUT2D eigenvalue weighted by atomic mass is 10.1. The fraction of sp³-hybridized carbons (Fsp3) is 0.538. The van der Waals surface area contributed by atoms with Crippen molar-refractivity contribution in [2.24, 2.45) is 0 Å². The predicted octanol–water partition coefficient (Wildman–Crippen LogP) is 2.66. The second-order valence-electron chi connectivity index (χ2n) is 5.10. The van der Waals surface area contributed by atoms with E-state index in [9.17, 15) is 4.39 Å². The second-order valence-corrected chi connectivity index (χ2v) is 5.10. The van der Waals surface area contributed by atoms with Crippen LogP contribution < -0.4 is 5.32 Å². The Bertz CT molecular complexity index is 316. The van der Waals surface area contributed by atoms with Crippen LogP contribution in [0.5, 0.6) is 5.75 Å². The lowest BCUT2D eigenvalue weighted by molar-refractivity contribution is 0.284. The Kier molecular flexibility index (Phi) is 4.30. The van der Waals surface area contributed by atoms with Crippen LogP contribution in [0.1, 0.15) is 26.3 Å². The second kappa shape index (κ2) is 5.30. The number of aromatic hydroxyl groups is 1. The fourth-order valence-electron chi connectivity index (χ4n) is 1.38. The molecule has 0 saturated heterocycles. The number of hydrogen-bond acceptors (Lipinski definition) is 2. The van der Waals surface area contributed by atoms with Crippen LogP contribution in [0.15, 0.2) is 24.3 Å². The summed E-state index contributed by atoms with van der Waals surface area (Å²) in [5.41, 5.74) is 0.847. The Balaban J connectivity index is 2.39. The minimum atomic E-state index is -0.899. The van der Waals surface area contributed by atoms with Gasteiger partial charge in [-0.3, -0.25) is 0 Å². The molecule has 0 aliphatic heterocycles. The van der Waals surface area contributed by atoms with Gasteiger partial charge >= 0.3 is 0 Å². The smallest absolute Gasteiger partial charge is 0.117 e. The van der Waals surface area contributed by atoms with E-state index in [0.29, 0.717) is 13.0 Å². The molecule has 0 amide bonds. The third-order valence-electron chi connectivity index (χ3n) is 2.25. The van der Waals surface area contributed by atoms with Crippen LogP contribution >= 0.6 is 0 Å². The molecule has 0 bridgehead atoms. The normalized spacial score (nSPS) is 13.8. The van der Waals surface area contributed by atoms with E-state index in [1.54, 1.807) is 24.3 Å². The summed E-state index contributed by atoms with van der Waals surface area (Å²) in [5.74, 6) is 0.215. The summed E-state index contributed by atoms with van der Waals surface area (Å²) in [6.07, 6.45) is -0.521. The Morgan fingerprint density at radius 2 is 1.81 bits per heavy atom.